The first-order valence-corrected chi connectivity index (χ1v) is 10.4. The molecule has 26 heavy (non-hydrogen) atoms. The molecule has 156 valence electrons. The zero-order valence-electron chi connectivity index (χ0n) is 16.9. The second-order valence-corrected chi connectivity index (χ2v) is 9.89. The second-order valence-electron chi connectivity index (χ2n) is 6.46. The molecule has 8 nitrogen and oxygen atoms in total. The molecule has 0 aromatic carbocycles. The van der Waals surface area contributed by atoms with Crippen LogP contribution in [0.1, 0.15) is 48.5 Å². The Kier molecular flexibility index (Phi) is 19.7. The van der Waals surface area contributed by atoms with Gasteiger partial charge in [0.25, 0.3) is 0 Å². The quantitative estimate of drug-likeness (QED) is 0.465. The molecule has 4 N–H and O–H groups in total. The summed E-state index contributed by atoms with van der Waals surface area (Å²) in [5, 5.41) is 22.1. The predicted molar refractivity (Wildman–Crippen MR) is 109 cm³/mol. The van der Waals surface area contributed by atoms with E-state index in [1.807, 2.05) is 21.6 Å². The van der Waals surface area contributed by atoms with Gasteiger partial charge < -0.3 is 25.6 Å². The number of likely N-dealkylation sites (N-methyl/N-ethyl adjacent to an activating group) is 1. The molecule has 10 heteroatoms. The van der Waals surface area contributed by atoms with Crippen LogP contribution in [0.15, 0.2) is 0 Å². The largest absolute Gasteiger partial charge is 0.480 e. The van der Waals surface area contributed by atoms with Crippen molar-refractivity contribution in [2.75, 3.05) is 20.1 Å². The molecule has 0 atom stereocenters. The van der Waals surface area contributed by atoms with E-state index in [1.165, 1.54) is 0 Å². The van der Waals surface area contributed by atoms with Crippen molar-refractivity contribution in [3.8, 4) is 0 Å². The smallest absolute Gasteiger partial charge is 0.408 e. The first-order valence-electron chi connectivity index (χ1n) is 8.08. The lowest BCUT2D eigenvalue weighted by molar-refractivity contribution is -0.136. The van der Waals surface area contributed by atoms with Crippen LogP contribution in [0.5, 0.6) is 0 Å². The van der Waals surface area contributed by atoms with E-state index in [0.29, 0.717) is 0 Å². The molecule has 0 radical (unpaired) electrons. The zero-order valence-corrected chi connectivity index (χ0v) is 18.5. The number of nitrogens with one attached hydrogen (secondary N) is 2. The lowest BCUT2D eigenvalue weighted by Crippen LogP contribution is -2.35. The SMILES string of the molecule is CC(C)(C)OC(=O)NCC(=O)O.CC(C)SSC(C)C.CNCC(=O)O. The molecule has 0 aliphatic carbocycles. The molecule has 0 bridgehead atoms. The molecule has 0 spiro atoms. The van der Waals surface area contributed by atoms with Crippen LogP contribution in [-0.2, 0) is 14.3 Å². The van der Waals surface area contributed by atoms with Gasteiger partial charge in [0.1, 0.15) is 12.1 Å². The van der Waals surface area contributed by atoms with Crippen molar-refractivity contribution in [1.29, 1.82) is 0 Å². The van der Waals surface area contributed by atoms with Gasteiger partial charge in [-0.15, -0.1) is 0 Å². The highest BCUT2D eigenvalue weighted by molar-refractivity contribution is 8.77. The molecule has 0 aromatic rings. The van der Waals surface area contributed by atoms with Crippen LogP contribution in [0.25, 0.3) is 0 Å². The van der Waals surface area contributed by atoms with E-state index in [-0.39, 0.29) is 6.54 Å². The maximum atomic E-state index is 10.8. The molecule has 0 unspecified atom stereocenters. The van der Waals surface area contributed by atoms with Crippen LogP contribution >= 0.6 is 21.6 Å². The molecular weight excluding hydrogens is 380 g/mol. The van der Waals surface area contributed by atoms with Gasteiger partial charge >= 0.3 is 18.0 Å². The highest BCUT2D eigenvalue weighted by Crippen LogP contribution is 2.29. The fourth-order valence-electron chi connectivity index (χ4n) is 0.835. The summed E-state index contributed by atoms with van der Waals surface area (Å²) in [6, 6.07) is 0. The van der Waals surface area contributed by atoms with Gasteiger partial charge in [0, 0.05) is 10.5 Å². The Hall–Kier alpha value is -1.13. The van der Waals surface area contributed by atoms with E-state index in [0.717, 1.165) is 10.5 Å². The molecule has 0 fully saturated rings. The standard InChI is InChI=1S/C7H13NO4.C6H14S2.C3H7NO2/c1-7(2,3)12-6(11)8-4-5(9)10;1-5(2)7-8-6(3)4;1-4-2-3(5)6/h4H2,1-3H3,(H,8,11)(H,9,10);5-6H,1-4H3;4H,2H2,1H3,(H,5,6). The topological polar surface area (TPSA) is 125 Å². The maximum absolute atomic E-state index is 10.8. The Morgan fingerprint density at radius 3 is 1.50 bits per heavy atom. The van der Waals surface area contributed by atoms with Gasteiger partial charge in [0.15, 0.2) is 0 Å². The number of amides is 1. The van der Waals surface area contributed by atoms with Gasteiger partial charge in [-0.2, -0.15) is 0 Å². The Morgan fingerprint density at radius 2 is 1.31 bits per heavy atom. The molecule has 0 aliphatic heterocycles. The van der Waals surface area contributed by atoms with Crippen LogP contribution in [-0.4, -0.2) is 64.5 Å². The van der Waals surface area contributed by atoms with Gasteiger partial charge in [-0.1, -0.05) is 49.3 Å². The van der Waals surface area contributed by atoms with Crippen LogP contribution in [0, 0.1) is 0 Å². The first-order chi connectivity index (χ1) is 11.7. The molecule has 1 amide bonds. The number of carbonyl (C=O) groups excluding carboxylic acids is 1. The van der Waals surface area contributed by atoms with E-state index < -0.39 is 30.2 Å². The van der Waals surface area contributed by atoms with Crippen LogP contribution in [0.2, 0.25) is 0 Å². The minimum absolute atomic E-state index is 0.0417. The molecular formula is C16H34N2O6S2. The van der Waals surface area contributed by atoms with Gasteiger partial charge in [-0.05, 0) is 27.8 Å². The molecule has 0 aliphatic rings. The van der Waals surface area contributed by atoms with E-state index in [9.17, 15) is 14.4 Å². The number of carbonyl (C=O) groups is 3. The Balaban J connectivity index is -0.000000328. The van der Waals surface area contributed by atoms with E-state index >= 15 is 0 Å². The molecule has 0 heterocycles. The maximum Gasteiger partial charge on any atom is 0.408 e. The van der Waals surface area contributed by atoms with Crippen molar-refractivity contribution in [1.82, 2.24) is 10.6 Å². The fraction of sp³-hybridized carbons (Fsp3) is 0.812. The number of hydrogen-bond donors (Lipinski definition) is 4. The molecule has 0 aromatic heterocycles. The summed E-state index contributed by atoms with van der Waals surface area (Å²) in [7, 11) is 5.50. The minimum Gasteiger partial charge on any atom is -0.480 e. The second kappa shape index (κ2) is 17.3. The number of carboxylic acid groups (broad SMARTS) is 2. The number of rotatable bonds is 7. The van der Waals surface area contributed by atoms with Crippen molar-refractivity contribution < 1.29 is 29.3 Å². The summed E-state index contributed by atoms with van der Waals surface area (Å²) in [5.74, 6) is -1.92. The molecule has 0 saturated heterocycles. The number of carboxylic acids is 2. The van der Waals surface area contributed by atoms with Crippen LogP contribution in [0.3, 0.4) is 0 Å². The predicted octanol–water partition coefficient (Wildman–Crippen LogP) is 3.07. The van der Waals surface area contributed by atoms with Crippen LogP contribution in [0.4, 0.5) is 4.79 Å². The Bertz CT molecular complexity index is 391. The lowest BCUT2D eigenvalue weighted by Gasteiger charge is -2.19. The lowest BCUT2D eigenvalue weighted by atomic mass is 10.2. The normalized spacial score (nSPS) is 10.2. The monoisotopic (exact) mass is 414 g/mol. The third kappa shape index (κ3) is 38.4. The number of hydrogen-bond acceptors (Lipinski definition) is 7. The number of alkyl carbamates (subject to hydrolysis) is 1. The summed E-state index contributed by atoms with van der Waals surface area (Å²) >= 11 is 0. The zero-order chi connectivity index (χ0) is 21.3. The third-order valence-corrected chi connectivity index (χ3v) is 5.07. The van der Waals surface area contributed by atoms with Crippen molar-refractivity contribution >= 4 is 39.6 Å². The van der Waals surface area contributed by atoms with Crippen molar-refractivity contribution in [2.24, 2.45) is 0 Å². The highest BCUT2D eigenvalue weighted by Gasteiger charge is 2.16. The van der Waals surface area contributed by atoms with E-state index in [1.54, 1.807) is 27.8 Å². The molecule has 0 saturated carbocycles. The average Bonchev–Trinajstić information content (AvgIpc) is 2.42. The van der Waals surface area contributed by atoms with E-state index in [2.05, 4.69) is 38.3 Å². The third-order valence-electron chi connectivity index (χ3n) is 1.55. The molecule has 0 rings (SSSR count). The van der Waals surface area contributed by atoms with Gasteiger partial charge in [0.2, 0.25) is 0 Å². The number of aliphatic carboxylic acids is 2. The van der Waals surface area contributed by atoms with Crippen molar-refractivity contribution in [3.63, 3.8) is 0 Å². The average molecular weight is 415 g/mol. The number of ether oxygens (including phenoxy) is 1. The highest BCUT2D eigenvalue weighted by atomic mass is 33.1. The van der Waals surface area contributed by atoms with Gasteiger partial charge in [0.05, 0.1) is 6.54 Å². The van der Waals surface area contributed by atoms with Crippen LogP contribution < -0.4 is 10.6 Å². The Morgan fingerprint density at radius 1 is 0.923 bits per heavy atom. The fourth-order valence-corrected chi connectivity index (χ4v) is 2.61. The first kappa shape index (κ1) is 29.6. The van der Waals surface area contributed by atoms with E-state index in [4.69, 9.17) is 14.9 Å². The Labute approximate surface area is 164 Å². The summed E-state index contributed by atoms with van der Waals surface area (Å²) in [6.07, 6.45) is -0.718. The van der Waals surface area contributed by atoms with Crippen molar-refractivity contribution in [2.45, 2.75) is 64.6 Å². The van der Waals surface area contributed by atoms with Gasteiger partial charge in [-0.3, -0.25) is 9.59 Å². The van der Waals surface area contributed by atoms with Gasteiger partial charge in [-0.25, -0.2) is 4.79 Å². The summed E-state index contributed by atoms with van der Waals surface area (Å²) in [4.78, 5) is 30.3. The minimum atomic E-state index is -1.10. The summed E-state index contributed by atoms with van der Waals surface area (Å²) in [5.41, 5.74) is -0.595. The van der Waals surface area contributed by atoms with Crippen molar-refractivity contribution in [3.05, 3.63) is 0 Å². The summed E-state index contributed by atoms with van der Waals surface area (Å²) < 4.78 is 4.77. The summed E-state index contributed by atoms with van der Waals surface area (Å²) in [6.45, 7) is 13.6.